The average molecular weight is 294 g/mol. The normalized spacial score (nSPS) is 24.2. The molecule has 1 aromatic rings. The smallest absolute Gasteiger partial charge is 0.258 e. The number of carbonyl (C=O) groups is 2. The summed E-state index contributed by atoms with van der Waals surface area (Å²) >= 11 is 5.97. The molecule has 0 radical (unpaired) electrons. The molecule has 0 fully saturated rings. The van der Waals surface area contributed by atoms with E-state index in [4.69, 9.17) is 17.3 Å². The molecule has 1 unspecified atom stereocenters. The molecule has 6 heteroatoms. The molecule has 20 heavy (non-hydrogen) atoms. The minimum Gasteiger partial charge on any atom is -0.386 e. The number of halogens is 1. The highest BCUT2D eigenvalue weighted by molar-refractivity contribution is 6.35. The van der Waals surface area contributed by atoms with Gasteiger partial charge in [-0.2, -0.15) is 0 Å². The quantitative estimate of drug-likeness (QED) is 0.564. The number of fused-ring (bicyclic) bond motifs is 1. The van der Waals surface area contributed by atoms with E-state index < -0.39 is 0 Å². The molecule has 0 aromatic heterocycles. The molecule has 1 atom stereocenters. The molecule has 0 bridgehead atoms. The van der Waals surface area contributed by atoms with Crippen LogP contribution in [0.1, 0.15) is 40.5 Å². The molecule has 2 aliphatic heterocycles. The van der Waals surface area contributed by atoms with Crippen LogP contribution >= 0.6 is 11.6 Å². The number of nitrogens with zero attached hydrogens (tertiary/aromatic N) is 1. The van der Waals surface area contributed by atoms with Crippen molar-refractivity contribution in [3.8, 4) is 0 Å². The Kier molecular flexibility index (Phi) is 4.09. The summed E-state index contributed by atoms with van der Waals surface area (Å²) in [6, 6.07) is 6.74. The molecular weight excluding hydrogens is 278 g/mol. The zero-order valence-corrected chi connectivity index (χ0v) is 11.9. The van der Waals surface area contributed by atoms with E-state index in [1.54, 1.807) is 24.3 Å². The largest absolute Gasteiger partial charge is 0.386 e. The summed E-state index contributed by atoms with van der Waals surface area (Å²) in [5.41, 5.74) is 6.47. The van der Waals surface area contributed by atoms with Crippen molar-refractivity contribution < 1.29 is 9.59 Å². The fourth-order valence-corrected chi connectivity index (χ4v) is 2.21. The summed E-state index contributed by atoms with van der Waals surface area (Å²) in [4.78, 5) is 25.6. The van der Waals surface area contributed by atoms with Gasteiger partial charge in [0.2, 0.25) is 0 Å². The molecule has 3 rings (SSSR count). The molecule has 0 saturated heterocycles. The van der Waals surface area contributed by atoms with Gasteiger partial charge < -0.3 is 5.73 Å². The molecule has 3 N–H and O–H groups in total. The van der Waals surface area contributed by atoms with E-state index in [0.29, 0.717) is 17.0 Å². The lowest BCUT2D eigenvalue weighted by Crippen LogP contribution is -2.38. The molecule has 0 saturated carbocycles. The zero-order chi connectivity index (χ0) is 14.8. The third-order valence-corrected chi connectivity index (χ3v) is 3.65. The van der Waals surface area contributed by atoms with Gasteiger partial charge in [0.05, 0.1) is 16.0 Å². The second-order valence-electron chi connectivity index (χ2n) is 4.90. The topological polar surface area (TPSA) is 84.5 Å². The summed E-state index contributed by atoms with van der Waals surface area (Å²) in [6.07, 6.45) is 2.00. The Morgan fingerprint density at radius 1 is 1.25 bits per heavy atom. The lowest BCUT2D eigenvalue weighted by Gasteiger charge is -2.24. The van der Waals surface area contributed by atoms with Gasteiger partial charge in [0, 0.05) is 6.54 Å². The summed E-state index contributed by atoms with van der Waals surface area (Å²) in [5, 5.41) is 2.20. The Bertz CT molecular complexity index is 549. The van der Waals surface area contributed by atoms with E-state index in [1.807, 2.05) is 6.92 Å². The number of alkyl halides is 1. The van der Waals surface area contributed by atoms with Gasteiger partial charge in [-0.05, 0) is 31.9 Å². The Balaban J connectivity index is 0.000000151. The predicted molar refractivity (Wildman–Crippen MR) is 78.2 cm³/mol. The van der Waals surface area contributed by atoms with Crippen molar-refractivity contribution in [2.45, 2.75) is 24.6 Å². The first-order valence-corrected chi connectivity index (χ1v) is 6.73. The van der Waals surface area contributed by atoms with Gasteiger partial charge in [-0.1, -0.05) is 12.1 Å². The Morgan fingerprint density at radius 3 is 2.20 bits per heavy atom. The fraction of sp³-hybridized carbons (Fsp3) is 0.357. The van der Waals surface area contributed by atoms with Crippen molar-refractivity contribution in [1.29, 1.82) is 0 Å². The van der Waals surface area contributed by atoms with Crippen LogP contribution in [-0.2, 0) is 0 Å². The van der Waals surface area contributed by atoms with Crippen molar-refractivity contribution in [1.82, 2.24) is 5.32 Å². The number of rotatable bonds is 0. The van der Waals surface area contributed by atoms with E-state index in [-0.39, 0.29) is 16.7 Å². The second kappa shape index (κ2) is 5.63. The first-order chi connectivity index (χ1) is 9.42. The molecule has 2 heterocycles. The number of amidine groups is 1. The summed E-state index contributed by atoms with van der Waals surface area (Å²) in [5.74, 6) is -0.00776. The molecular formula is C14H16ClN3O2. The van der Waals surface area contributed by atoms with E-state index in [0.717, 1.165) is 19.4 Å². The molecule has 5 nitrogen and oxygen atoms in total. The van der Waals surface area contributed by atoms with Crippen molar-refractivity contribution >= 4 is 29.3 Å². The zero-order valence-electron chi connectivity index (χ0n) is 11.1. The van der Waals surface area contributed by atoms with Crippen molar-refractivity contribution in [3.05, 3.63) is 35.4 Å². The first kappa shape index (κ1) is 14.5. The maximum atomic E-state index is 10.9. The standard InChI is InChI=1S/C8H5NO2.C6H11ClN2/c10-7-5-3-1-2-4-6(5)8(11)9-7;1-6(7)3-2-4-9-5(6)8/h1-4H,(H,9,10,11);2-4H2,1H3,(H2,8,9). The number of imide groups is 1. The molecule has 1 aromatic carbocycles. The van der Waals surface area contributed by atoms with Crippen LogP contribution in [0, 0.1) is 0 Å². The Hall–Kier alpha value is -1.88. The third-order valence-electron chi connectivity index (χ3n) is 3.26. The highest BCUT2D eigenvalue weighted by Gasteiger charge is 2.27. The van der Waals surface area contributed by atoms with Gasteiger partial charge in [0.25, 0.3) is 11.8 Å². The van der Waals surface area contributed by atoms with Crippen LogP contribution in [-0.4, -0.2) is 29.1 Å². The van der Waals surface area contributed by atoms with Crippen LogP contribution in [0.2, 0.25) is 0 Å². The lowest BCUT2D eigenvalue weighted by atomic mass is 10.0. The van der Waals surface area contributed by atoms with Crippen molar-refractivity contribution in [2.24, 2.45) is 10.7 Å². The number of carbonyl (C=O) groups excluding carboxylic acids is 2. The van der Waals surface area contributed by atoms with E-state index >= 15 is 0 Å². The monoisotopic (exact) mass is 293 g/mol. The first-order valence-electron chi connectivity index (χ1n) is 6.36. The van der Waals surface area contributed by atoms with E-state index in [2.05, 4.69) is 10.3 Å². The predicted octanol–water partition coefficient (Wildman–Crippen LogP) is 1.71. The Labute approximate surface area is 122 Å². The van der Waals surface area contributed by atoms with Crippen LogP contribution < -0.4 is 11.1 Å². The van der Waals surface area contributed by atoms with Gasteiger partial charge in [0.1, 0.15) is 5.84 Å². The number of nitrogens with one attached hydrogen (secondary N) is 1. The highest BCUT2D eigenvalue weighted by atomic mass is 35.5. The maximum Gasteiger partial charge on any atom is 0.258 e. The molecule has 0 aliphatic carbocycles. The summed E-state index contributed by atoms with van der Waals surface area (Å²) in [6.45, 7) is 2.75. The van der Waals surface area contributed by atoms with E-state index in [1.165, 1.54) is 0 Å². The fourth-order valence-electron chi connectivity index (χ4n) is 2.02. The van der Waals surface area contributed by atoms with Gasteiger partial charge >= 0.3 is 0 Å². The van der Waals surface area contributed by atoms with Crippen LogP contribution in [0.3, 0.4) is 0 Å². The van der Waals surface area contributed by atoms with Crippen LogP contribution in [0.5, 0.6) is 0 Å². The SMILES string of the molecule is CC1(Cl)CCCN=C1N.O=C1NC(=O)c2ccccc21. The number of aliphatic imine (C=N–C) groups is 1. The van der Waals surface area contributed by atoms with Crippen LogP contribution in [0.25, 0.3) is 0 Å². The number of amides is 2. The summed E-state index contributed by atoms with van der Waals surface area (Å²) < 4.78 is 0. The van der Waals surface area contributed by atoms with Gasteiger partial charge in [-0.15, -0.1) is 11.6 Å². The number of hydrogen-bond donors (Lipinski definition) is 2. The lowest BCUT2D eigenvalue weighted by molar-refractivity contribution is 0.0879. The van der Waals surface area contributed by atoms with E-state index in [9.17, 15) is 9.59 Å². The number of hydrogen-bond acceptors (Lipinski definition) is 4. The molecule has 106 valence electrons. The Morgan fingerprint density at radius 2 is 1.80 bits per heavy atom. The van der Waals surface area contributed by atoms with Crippen molar-refractivity contribution in [2.75, 3.05) is 6.54 Å². The molecule has 2 aliphatic rings. The highest BCUT2D eigenvalue weighted by Crippen LogP contribution is 2.24. The average Bonchev–Trinajstić information content (AvgIpc) is 2.70. The second-order valence-corrected chi connectivity index (χ2v) is 5.73. The minimum atomic E-state index is -0.363. The van der Waals surface area contributed by atoms with Crippen LogP contribution in [0.15, 0.2) is 29.3 Å². The van der Waals surface area contributed by atoms with Gasteiger partial charge in [0.15, 0.2) is 0 Å². The number of benzene rings is 1. The molecule has 2 amide bonds. The summed E-state index contributed by atoms with van der Waals surface area (Å²) in [7, 11) is 0. The number of nitrogens with two attached hydrogens (primary N) is 1. The van der Waals surface area contributed by atoms with Gasteiger partial charge in [-0.3, -0.25) is 19.9 Å². The maximum absolute atomic E-state index is 10.9. The van der Waals surface area contributed by atoms with Crippen LogP contribution in [0.4, 0.5) is 0 Å². The minimum absolute atomic E-state index is 0.300. The van der Waals surface area contributed by atoms with Crippen molar-refractivity contribution in [3.63, 3.8) is 0 Å². The molecule has 0 spiro atoms. The van der Waals surface area contributed by atoms with Gasteiger partial charge in [-0.25, -0.2) is 0 Å². The third kappa shape index (κ3) is 2.99.